The lowest BCUT2D eigenvalue weighted by atomic mass is 10.0. The van der Waals surface area contributed by atoms with Gasteiger partial charge in [0.25, 0.3) is 11.8 Å². The first kappa shape index (κ1) is 51.1. The van der Waals surface area contributed by atoms with E-state index in [4.69, 9.17) is 18.9 Å². The Morgan fingerprint density at radius 3 is 1.98 bits per heavy atom. The minimum absolute atomic E-state index is 0.0295. The SMILES string of the molecule is CCN(CC)c1ccc(NC(=O)c2cccc(CCCOCCOCCOCCOCCC(=O)N3CCN(C(C)=O)CC3)c2)c(-c2cc(C(=O)NCc3cccc(C(F)(F)F)c3)ccn2)c1. The van der Waals surface area contributed by atoms with Crippen molar-refractivity contribution < 1.29 is 51.3 Å². The summed E-state index contributed by atoms with van der Waals surface area (Å²) in [7, 11) is 0. The van der Waals surface area contributed by atoms with E-state index in [-0.39, 0.29) is 29.8 Å². The average molecular weight is 919 g/mol. The summed E-state index contributed by atoms with van der Waals surface area (Å²) < 4.78 is 62.1. The lowest BCUT2D eigenvalue weighted by Gasteiger charge is -2.34. The fourth-order valence-electron chi connectivity index (χ4n) is 7.29. The van der Waals surface area contributed by atoms with Crippen LogP contribution in [0.2, 0.25) is 0 Å². The molecule has 2 N–H and O–H groups in total. The molecule has 2 heterocycles. The second-order valence-electron chi connectivity index (χ2n) is 15.6. The third-order valence-corrected chi connectivity index (χ3v) is 11.0. The molecule has 4 aromatic rings. The van der Waals surface area contributed by atoms with Crippen molar-refractivity contribution in [2.24, 2.45) is 0 Å². The summed E-state index contributed by atoms with van der Waals surface area (Å²) in [5.74, 6) is -0.746. The standard InChI is InChI=1S/C49H61F3N6O8/c1-4-56(5-2)42-14-15-44(43(34-42)45-33-40(16-18-53-45)47(61)54-35-38-10-7-13-41(32-38)49(50,51)52)55-48(62)39-12-6-9-37(31-39)11-8-23-63-25-27-65-29-30-66-28-26-64-24-17-46(60)58-21-19-57(20-22-58)36(3)59/h6-7,9-10,12-16,18,31-34H,4-5,8,11,17,19-30,35H2,1-3H3,(H,54,61)(H,55,62). The molecule has 0 unspecified atom stereocenters. The highest BCUT2D eigenvalue weighted by Gasteiger charge is 2.30. The van der Waals surface area contributed by atoms with Gasteiger partial charge >= 0.3 is 6.18 Å². The Kier molecular flexibility index (Phi) is 20.4. The number of benzene rings is 3. The number of halogens is 3. The molecule has 4 amide bonds. The predicted octanol–water partition coefficient (Wildman–Crippen LogP) is 6.88. The van der Waals surface area contributed by atoms with Gasteiger partial charge in [-0.2, -0.15) is 13.2 Å². The van der Waals surface area contributed by atoms with E-state index in [0.29, 0.717) is 120 Å². The maximum atomic E-state index is 13.7. The van der Waals surface area contributed by atoms with Gasteiger partial charge in [-0.05, 0) is 92.4 Å². The maximum absolute atomic E-state index is 13.7. The van der Waals surface area contributed by atoms with Crippen LogP contribution in [0.25, 0.3) is 11.3 Å². The van der Waals surface area contributed by atoms with E-state index in [1.807, 2.05) is 50.2 Å². The molecular formula is C49H61F3N6O8. The third kappa shape index (κ3) is 16.2. The van der Waals surface area contributed by atoms with Crippen molar-refractivity contribution in [2.45, 2.75) is 52.8 Å². The number of hydrogen-bond acceptors (Lipinski definition) is 10. The molecule has 356 valence electrons. The average Bonchev–Trinajstić information content (AvgIpc) is 3.32. The van der Waals surface area contributed by atoms with Crippen LogP contribution in [0.5, 0.6) is 0 Å². The number of alkyl halides is 3. The quantitative estimate of drug-likeness (QED) is 0.0674. The predicted molar refractivity (Wildman–Crippen MR) is 245 cm³/mol. The van der Waals surface area contributed by atoms with Crippen LogP contribution in [0.15, 0.2) is 85.1 Å². The number of carbonyl (C=O) groups is 4. The minimum atomic E-state index is -4.50. The van der Waals surface area contributed by atoms with E-state index < -0.39 is 17.6 Å². The molecule has 1 saturated heterocycles. The number of carbonyl (C=O) groups excluding carboxylic acids is 4. The third-order valence-electron chi connectivity index (χ3n) is 11.0. The summed E-state index contributed by atoms with van der Waals surface area (Å²) in [6.45, 7) is 12.5. The van der Waals surface area contributed by atoms with Crippen molar-refractivity contribution >= 4 is 35.0 Å². The molecular weight excluding hydrogens is 858 g/mol. The Morgan fingerprint density at radius 2 is 1.32 bits per heavy atom. The monoisotopic (exact) mass is 918 g/mol. The summed E-state index contributed by atoms with van der Waals surface area (Å²) in [6.07, 6.45) is -1.28. The smallest absolute Gasteiger partial charge is 0.379 e. The van der Waals surface area contributed by atoms with Gasteiger partial charge in [-0.1, -0.05) is 24.3 Å². The van der Waals surface area contributed by atoms with Gasteiger partial charge in [0, 0.05) is 87.9 Å². The van der Waals surface area contributed by atoms with Crippen molar-refractivity contribution in [3.63, 3.8) is 0 Å². The molecule has 0 spiro atoms. The number of pyridine rings is 1. The first-order valence-electron chi connectivity index (χ1n) is 22.4. The lowest BCUT2D eigenvalue weighted by Crippen LogP contribution is -2.50. The molecule has 1 aromatic heterocycles. The van der Waals surface area contributed by atoms with Gasteiger partial charge in [0.05, 0.1) is 69.6 Å². The Balaban J connectivity index is 1.02. The minimum Gasteiger partial charge on any atom is -0.379 e. The highest BCUT2D eigenvalue weighted by Crippen LogP contribution is 2.33. The second-order valence-corrected chi connectivity index (χ2v) is 15.6. The largest absolute Gasteiger partial charge is 0.416 e. The van der Waals surface area contributed by atoms with Gasteiger partial charge in [0.2, 0.25) is 11.8 Å². The number of aromatic nitrogens is 1. The Labute approximate surface area is 384 Å². The van der Waals surface area contributed by atoms with E-state index in [1.165, 1.54) is 31.3 Å². The molecule has 66 heavy (non-hydrogen) atoms. The Hall–Kier alpha value is -5.88. The van der Waals surface area contributed by atoms with Crippen LogP contribution in [-0.2, 0) is 47.7 Å². The number of anilines is 2. The topological polar surface area (TPSA) is 152 Å². The van der Waals surface area contributed by atoms with Crippen LogP contribution in [0, 0.1) is 0 Å². The maximum Gasteiger partial charge on any atom is 0.416 e. The van der Waals surface area contributed by atoms with E-state index in [1.54, 1.807) is 21.9 Å². The number of hydrogen-bond donors (Lipinski definition) is 2. The summed E-state index contributed by atoms with van der Waals surface area (Å²) in [6, 6.07) is 21.0. The zero-order chi connectivity index (χ0) is 47.3. The summed E-state index contributed by atoms with van der Waals surface area (Å²) >= 11 is 0. The molecule has 17 heteroatoms. The van der Waals surface area contributed by atoms with E-state index in [2.05, 4.69) is 20.5 Å². The highest BCUT2D eigenvalue weighted by molar-refractivity contribution is 6.06. The Morgan fingerprint density at radius 1 is 0.697 bits per heavy atom. The number of aryl methyl sites for hydroxylation is 1. The van der Waals surface area contributed by atoms with Crippen molar-refractivity contribution in [3.8, 4) is 11.3 Å². The summed E-state index contributed by atoms with van der Waals surface area (Å²) in [5, 5.41) is 5.74. The molecule has 3 aromatic carbocycles. The summed E-state index contributed by atoms with van der Waals surface area (Å²) in [4.78, 5) is 60.9. The van der Waals surface area contributed by atoms with E-state index >= 15 is 0 Å². The molecule has 1 fully saturated rings. The number of ether oxygens (including phenoxy) is 4. The number of nitrogens with zero attached hydrogens (tertiary/aromatic N) is 4. The van der Waals surface area contributed by atoms with Gasteiger partial charge in [-0.3, -0.25) is 24.2 Å². The first-order valence-corrected chi connectivity index (χ1v) is 22.4. The summed E-state index contributed by atoms with van der Waals surface area (Å²) in [5.41, 5.74) is 3.64. The first-order chi connectivity index (χ1) is 31.9. The van der Waals surface area contributed by atoms with Crippen LogP contribution in [-0.4, -0.2) is 131 Å². The zero-order valence-corrected chi connectivity index (χ0v) is 38.0. The van der Waals surface area contributed by atoms with Gasteiger partial charge in [-0.15, -0.1) is 0 Å². The van der Waals surface area contributed by atoms with Gasteiger partial charge in [0.1, 0.15) is 0 Å². The second kappa shape index (κ2) is 26.3. The van der Waals surface area contributed by atoms with Crippen LogP contribution in [0.3, 0.4) is 0 Å². The molecule has 5 rings (SSSR count). The van der Waals surface area contributed by atoms with Crippen LogP contribution < -0.4 is 15.5 Å². The normalized spacial score (nSPS) is 12.8. The molecule has 1 aliphatic rings. The van der Waals surface area contributed by atoms with Crippen LogP contribution >= 0.6 is 0 Å². The fourth-order valence-corrected chi connectivity index (χ4v) is 7.29. The lowest BCUT2D eigenvalue weighted by molar-refractivity contribution is -0.139. The van der Waals surface area contributed by atoms with E-state index in [9.17, 15) is 32.3 Å². The van der Waals surface area contributed by atoms with E-state index in [0.717, 1.165) is 42.9 Å². The molecule has 0 bridgehead atoms. The van der Waals surface area contributed by atoms with Gasteiger partial charge in [-0.25, -0.2) is 0 Å². The molecule has 0 aliphatic carbocycles. The number of nitrogens with one attached hydrogen (secondary N) is 2. The zero-order valence-electron chi connectivity index (χ0n) is 38.0. The van der Waals surface area contributed by atoms with Crippen molar-refractivity contribution in [1.29, 1.82) is 0 Å². The molecule has 1 aliphatic heterocycles. The molecule has 0 saturated carbocycles. The fraction of sp³-hybridized carbons (Fsp3) is 0.449. The highest BCUT2D eigenvalue weighted by atomic mass is 19.4. The van der Waals surface area contributed by atoms with Crippen LogP contribution in [0.1, 0.15) is 71.0 Å². The molecule has 14 nitrogen and oxygen atoms in total. The Bertz CT molecular complexity index is 2200. The van der Waals surface area contributed by atoms with Gasteiger partial charge < -0.3 is 44.3 Å². The van der Waals surface area contributed by atoms with Crippen molar-refractivity contribution in [3.05, 3.63) is 113 Å². The number of amides is 4. The van der Waals surface area contributed by atoms with Crippen LogP contribution in [0.4, 0.5) is 24.5 Å². The number of rotatable bonds is 25. The van der Waals surface area contributed by atoms with Crippen molar-refractivity contribution in [2.75, 3.05) is 102 Å². The molecule has 0 radical (unpaired) electrons. The number of piperazine rings is 1. The van der Waals surface area contributed by atoms with Crippen molar-refractivity contribution in [1.82, 2.24) is 20.1 Å². The van der Waals surface area contributed by atoms with Gasteiger partial charge in [0.15, 0.2) is 0 Å². The molecule has 0 atom stereocenters.